The van der Waals surface area contributed by atoms with Gasteiger partial charge in [0.2, 0.25) is 5.75 Å². The minimum Gasteiger partial charge on any atom is -0.505 e. The predicted octanol–water partition coefficient (Wildman–Crippen LogP) is 5.83. The summed E-state index contributed by atoms with van der Waals surface area (Å²) in [7, 11) is 4.46. The Morgan fingerprint density at radius 2 is 1.63 bits per heavy atom. The minimum atomic E-state index is -1.07. The van der Waals surface area contributed by atoms with Gasteiger partial charge in [-0.2, -0.15) is 0 Å². The van der Waals surface area contributed by atoms with E-state index < -0.39 is 17.7 Å². The molecule has 1 atom stereocenters. The lowest BCUT2D eigenvalue weighted by Crippen LogP contribution is -2.29. The van der Waals surface area contributed by atoms with E-state index in [1.807, 2.05) is 55.6 Å². The number of imidazole rings is 1. The summed E-state index contributed by atoms with van der Waals surface area (Å²) in [5, 5.41) is 12.2. The minimum absolute atomic E-state index is 0.115. The zero-order valence-electron chi connectivity index (χ0n) is 24.8. The first-order valence-corrected chi connectivity index (χ1v) is 14.3. The van der Waals surface area contributed by atoms with Crippen LogP contribution in [0.1, 0.15) is 39.7 Å². The van der Waals surface area contributed by atoms with Gasteiger partial charge in [-0.05, 0) is 74.2 Å². The topological polar surface area (TPSA) is 115 Å². The summed E-state index contributed by atoms with van der Waals surface area (Å²) in [6, 6.07) is 10.1. The number of aromatic nitrogens is 3. The summed E-state index contributed by atoms with van der Waals surface area (Å²) in [4.78, 5) is 38.6. The van der Waals surface area contributed by atoms with Gasteiger partial charge in [0.1, 0.15) is 11.3 Å². The number of aliphatic hydroxyl groups excluding tert-OH is 1. The average molecular weight is 599 g/mol. The number of aryl methyl sites for hydroxylation is 4. The van der Waals surface area contributed by atoms with Gasteiger partial charge in [-0.25, -0.2) is 9.97 Å². The highest BCUT2D eigenvalue weighted by atomic mass is 32.1. The van der Waals surface area contributed by atoms with Crippen LogP contribution in [0.5, 0.6) is 17.2 Å². The Morgan fingerprint density at radius 1 is 0.930 bits per heavy atom. The van der Waals surface area contributed by atoms with Gasteiger partial charge in [-0.1, -0.05) is 23.5 Å². The number of hydrogen-bond acceptors (Lipinski definition) is 9. The second kappa shape index (κ2) is 10.4. The monoisotopic (exact) mass is 598 g/mol. The van der Waals surface area contributed by atoms with Crippen LogP contribution in [0.15, 0.2) is 48.2 Å². The van der Waals surface area contributed by atoms with Crippen molar-refractivity contribution in [3.05, 3.63) is 81.8 Å². The molecule has 43 heavy (non-hydrogen) atoms. The normalized spacial score (nSPS) is 16.4. The number of Topliss-reactive ketones (excluding diaryl/α,β-unsaturated/α-hetero) is 1. The largest absolute Gasteiger partial charge is 0.505 e. The maximum atomic E-state index is 13.9. The summed E-state index contributed by atoms with van der Waals surface area (Å²) in [6.45, 7) is 7.67. The Balaban J connectivity index is 1.65. The molecule has 1 aliphatic heterocycles. The van der Waals surface area contributed by atoms with Gasteiger partial charge < -0.3 is 23.7 Å². The third-order valence-corrected chi connectivity index (χ3v) is 8.78. The van der Waals surface area contributed by atoms with Crippen LogP contribution >= 0.6 is 11.3 Å². The number of methoxy groups -OCH3 is 3. The van der Waals surface area contributed by atoms with Crippen LogP contribution in [0.3, 0.4) is 0 Å². The number of fused-ring (bicyclic) bond motifs is 2. The molecule has 0 bridgehead atoms. The van der Waals surface area contributed by atoms with Crippen LogP contribution < -0.4 is 19.1 Å². The molecule has 1 unspecified atom stereocenters. The predicted molar refractivity (Wildman–Crippen MR) is 165 cm³/mol. The molecule has 1 saturated heterocycles. The van der Waals surface area contributed by atoms with E-state index in [1.165, 1.54) is 37.6 Å². The van der Waals surface area contributed by atoms with Crippen LogP contribution in [0.2, 0.25) is 0 Å². The molecule has 2 aromatic carbocycles. The zero-order chi connectivity index (χ0) is 30.7. The van der Waals surface area contributed by atoms with Crippen LogP contribution in [0.4, 0.5) is 5.13 Å². The van der Waals surface area contributed by atoms with Crippen molar-refractivity contribution in [1.82, 2.24) is 14.4 Å². The maximum Gasteiger partial charge on any atom is 0.301 e. The average Bonchev–Trinajstić information content (AvgIpc) is 3.64. The molecule has 1 amide bonds. The SMILES string of the molecule is COc1cc(C2/C(=C(\O)c3nc4c(C)cccn4c3C)C(=O)C(=O)N2c2nc3c(C)cc(C)cc3s2)cc(OC)c1OC. The van der Waals surface area contributed by atoms with E-state index in [0.29, 0.717) is 39.3 Å². The molecule has 220 valence electrons. The quantitative estimate of drug-likeness (QED) is 0.148. The Bertz CT molecular complexity index is 1980. The molecule has 4 heterocycles. The van der Waals surface area contributed by atoms with E-state index in [-0.39, 0.29) is 17.0 Å². The second-order valence-electron chi connectivity index (χ2n) is 10.5. The summed E-state index contributed by atoms with van der Waals surface area (Å²) >= 11 is 1.30. The summed E-state index contributed by atoms with van der Waals surface area (Å²) in [5.74, 6) is -1.03. The smallest absolute Gasteiger partial charge is 0.301 e. The molecule has 0 aliphatic carbocycles. The van der Waals surface area contributed by atoms with Crippen molar-refractivity contribution in [2.24, 2.45) is 0 Å². The van der Waals surface area contributed by atoms with Crippen molar-refractivity contribution >= 4 is 49.8 Å². The number of carbonyl (C=O) groups is 2. The van der Waals surface area contributed by atoms with Gasteiger partial charge in [-0.3, -0.25) is 14.5 Å². The van der Waals surface area contributed by atoms with Gasteiger partial charge >= 0.3 is 5.91 Å². The molecular formula is C32H30N4O6S. The van der Waals surface area contributed by atoms with Crippen molar-refractivity contribution < 1.29 is 28.9 Å². The van der Waals surface area contributed by atoms with Gasteiger partial charge in [0.25, 0.3) is 5.78 Å². The summed E-state index contributed by atoms with van der Waals surface area (Å²) in [5.41, 5.74) is 5.45. The van der Waals surface area contributed by atoms with E-state index in [9.17, 15) is 14.7 Å². The Kier molecular flexibility index (Phi) is 6.84. The molecule has 0 radical (unpaired) electrons. The number of nitrogens with zero attached hydrogens (tertiary/aromatic N) is 4. The van der Waals surface area contributed by atoms with Crippen molar-refractivity contribution in [1.29, 1.82) is 0 Å². The number of pyridine rings is 1. The molecule has 6 rings (SSSR count). The fourth-order valence-corrected chi connectivity index (χ4v) is 6.91. The van der Waals surface area contributed by atoms with Crippen molar-refractivity contribution in [3.8, 4) is 17.2 Å². The first-order valence-electron chi connectivity index (χ1n) is 13.5. The van der Waals surface area contributed by atoms with Crippen molar-refractivity contribution in [3.63, 3.8) is 0 Å². The molecule has 10 nitrogen and oxygen atoms in total. The van der Waals surface area contributed by atoms with Gasteiger partial charge in [-0.15, -0.1) is 0 Å². The Hall–Kier alpha value is -4.90. The summed E-state index contributed by atoms with van der Waals surface area (Å²) < 4.78 is 19.4. The van der Waals surface area contributed by atoms with E-state index in [0.717, 1.165) is 26.9 Å². The fourth-order valence-electron chi connectivity index (χ4n) is 5.74. The molecule has 3 aromatic heterocycles. The van der Waals surface area contributed by atoms with Crippen LogP contribution in [0, 0.1) is 27.7 Å². The number of rotatable bonds is 6. The lowest BCUT2D eigenvalue weighted by Gasteiger charge is -2.24. The van der Waals surface area contributed by atoms with Crippen molar-refractivity contribution in [2.45, 2.75) is 33.7 Å². The number of ketones is 1. The highest BCUT2D eigenvalue weighted by Crippen LogP contribution is 2.48. The molecule has 1 fully saturated rings. The van der Waals surface area contributed by atoms with E-state index in [1.54, 1.807) is 19.1 Å². The number of benzene rings is 2. The van der Waals surface area contributed by atoms with E-state index in [4.69, 9.17) is 19.2 Å². The van der Waals surface area contributed by atoms with Gasteiger partial charge in [0, 0.05) is 6.20 Å². The summed E-state index contributed by atoms with van der Waals surface area (Å²) in [6.07, 6.45) is 1.84. The van der Waals surface area contributed by atoms with Gasteiger partial charge in [0.05, 0.1) is 48.9 Å². The Morgan fingerprint density at radius 3 is 2.26 bits per heavy atom. The van der Waals surface area contributed by atoms with E-state index >= 15 is 0 Å². The first-order chi connectivity index (χ1) is 20.6. The third-order valence-electron chi connectivity index (χ3n) is 7.78. The lowest BCUT2D eigenvalue weighted by atomic mass is 9.95. The van der Waals surface area contributed by atoms with Crippen LogP contribution in [-0.2, 0) is 9.59 Å². The molecule has 11 heteroatoms. The molecule has 0 spiro atoms. The highest BCUT2D eigenvalue weighted by molar-refractivity contribution is 7.22. The number of carbonyl (C=O) groups excluding carboxylic acids is 2. The molecule has 1 N–H and O–H groups in total. The van der Waals surface area contributed by atoms with Crippen LogP contribution in [0.25, 0.3) is 21.6 Å². The number of anilines is 1. The molecule has 5 aromatic rings. The first kappa shape index (κ1) is 28.2. The maximum absolute atomic E-state index is 13.9. The number of hydrogen-bond donors (Lipinski definition) is 1. The molecule has 1 aliphatic rings. The fraction of sp³-hybridized carbons (Fsp3) is 0.250. The zero-order valence-corrected chi connectivity index (χ0v) is 25.6. The molecular weight excluding hydrogens is 568 g/mol. The lowest BCUT2D eigenvalue weighted by molar-refractivity contribution is -0.132. The second-order valence-corrected chi connectivity index (χ2v) is 11.5. The number of ether oxygens (including phenoxy) is 3. The number of thiazole rings is 1. The van der Waals surface area contributed by atoms with Gasteiger partial charge in [0.15, 0.2) is 22.4 Å². The van der Waals surface area contributed by atoms with Crippen LogP contribution in [-0.4, -0.2) is 52.5 Å². The number of amides is 1. The standard InChI is InChI=1S/C32H30N4O6S/c1-15-11-17(3)24-22(12-15)43-32(34-24)36-26(19-13-20(40-5)29(42-7)21(14-19)41-6)23(28(38)31(36)39)27(37)25-18(4)35-10-8-9-16(2)30(35)33-25/h8-14,26,37H,1-7H3/b27-23+. The van der Waals surface area contributed by atoms with E-state index in [2.05, 4.69) is 4.98 Å². The number of aliphatic hydroxyl groups is 1. The van der Waals surface area contributed by atoms with Crippen molar-refractivity contribution in [2.75, 3.05) is 26.2 Å². The highest BCUT2D eigenvalue weighted by Gasteiger charge is 2.49. The molecule has 0 saturated carbocycles. The third kappa shape index (κ3) is 4.30. The Labute approximate surface area is 251 Å².